The van der Waals surface area contributed by atoms with Crippen molar-refractivity contribution in [2.75, 3.05) is 106 Å². The zero-order chi connectivity index (χ0) is 29.9. The summed E-state index contributed by atoms with van der Waals surface area (Å²) in [5.41, 5.74) is 0. The van der Waals surface area contributed by atoms with Gasteiger partial charge in [-0.1, -0.05) is 13.2 Å². The summed E-state index contributed by atoms with van der Waals surface area (Å²) in [5, 5.41) is 59.1. The van der Waals surface area contributed by atoms with E-state index in [0.717, 1.165) is 0 Å². The topological polar surface area (TPSA) is 186 Å². The molecule has 0 rings (SSSR count). The fraction of sp³-hybridized carbons (Fsp3) is 0.846. The lowest BCUT2D eigenvalue weighted by Gasteiger charge is -2.38. The first-order valence-corrected chi connectivity index (χ1v) is 13.5. The van der Waals surface area contributed by atoms with Crippen LogP contribution in [0.1, 0.15) is 12.8 Å². The molecule has 0 aliphatic heterocycles. The first-order chi connectivity index (χ1) is 19.4. The van der Waals surface area contributed by atoms with E-state index in [0.29, 0.717) is 12.8 Å². The van der Waals surface area contributed by atoms with Crippen LogP contribution in [0.25, 0.3) is 0 Å². The minimum absolute atomic E-state index is 0.0190. The Labute approximate surface area is 237 Å². The van der Waals surface area contributed by atoms with Crippen LogP contribution in [-0.2, 0) is 33.2 Å². The second-order valence-corrected chi connectivity index (χ2v) is 9.15. The van der Waals surface area contributed by atoms with E-state index in [1.165, 1.54) is 12.5 Å². The third-order valence-corrected chi connectivity index (χ3v) is 5.80. The molecule has 4 atom stereocenters. The van der Waals surface area contributed by atoms with Crippen molar-refractivity contribution in [3.05, 3.63) is 25.7 Å². The van der Waals surface area contributed by atoms with Gasteiger partial charge in [0, 0.05) is 0 Å². The van der Waals surface area contributed by atoms with Crippen LogP contribution >= 0.6 is 0 Å². The van der Waals surface area contributed by atoms with Crippen molar-refractivity contribution in [1.29, 1.82) is 0 Å². The molecule has 14 heteroatoms. The average Bonchev–Trinajstić information content (AvgIpc) is 2.91. The molecule has 0 heterocycles. The van der Waals surface area contributed by atoms with Crippen molar-refractivity contribution in [3.63, 3.8) is 0 Å². The predicted octanol–water partition coefficient (Wildman–Crippen LogP) is -1.67. The van der Waals surface area contributed by atoms with E-state index in [2.05, 4.69) is 13.2 Å². The zero-order valence-corrected chi connectivity index (χ0v) is 23.6. The molecule has 0 saturated carbocycles. The molecular formula is C26H52NO13+. The maximum atomic E-state index is 10.6. The Kier molecular flexibility index (Phi) is 25.6. The Hall–Kier alpha value is -1.40. The predicted molar refractivity (Wildman–Crippen MR) is 144 cm³/mol. The number of hydrogen-bond acceptors (Lipinski definition) is 13. The molecule has 14 nitrogen and oxygen atoms in total. The van der Waals surface area contributed by atoms with Crippen molar-refractivity contribution >= 4 is 0 Å². The van der Waals surface area contributed by atoms with Gasteiger partial charge in [-0.05, 0) is 12.8 Å². The van der Waals surface area contributed by atoms with Crippen molar-refractivity contribution in [3.8, 4) is 0 Å². The van der Waals surface area contributed by atoms with Crippen LogP contribution in [0.2, 0.25) is 0 Å². The Morgan fingerprint density at radius 2 is 1.05 bits per heavy atom. The number of aliphatic hydroxyl groups is 6. The van der Waals surface area contributed by atoms with Crippen LogP contribution in [0.15, 0.2) is 25.7 Å². The molecule has 0 spiro atoms. The highest BCUT2D eigenvalue weighted by atomic mass is 16.7. The lowest BCUT2D eigenvalue weighted by atomic mass is 10.2. The first-order valence-electron chi connectivity index (χ1n) is 13.5. The Balaban J connectivity index is 4.73. The second-order valence-electron chi connectivity index (χ2n) is 9.15. The number of aliphatic hydroxyl groups excluding tert-OH is 6. The van der Waals surface area contributed by atoms with Crippen molar-refractivity contribution in [2.24, 2.45) is 0 Å². The molecule has 0 saturated heterocycles. The summed E-state index contributed by atoms with van der Waals surface area (Å²) >= 11 is 0. The number of rotatable bonds is 31. The highest BCUT2D eigenvalue weighted by Crippen LogP contribution is 2.09. The van der Waals surface area contributed by atoms with Crippen LogP contribution in [0.5, 0.6) is 0 Å². The number of hydrogen-bond donors (Lipinski definition) is 6. The monoisotopic (exact) mass is 586 g/mol. The highest BCUT2D eigenvalue weighted by molar-refractivity contribution is 4.63. The van der Waals surface area contributed by atoms with Crippen LogP contribution in [0, 0.1) is 0 Å². The van der Waals surface area contributed by atoms with Gasteiger partial charge in [0.15, 0.2) is 13.6 Å². The minimum atomic E-state index is -0.932. The van der Waals surface area contributed by atoms with Crippen LogP contribution < -0.4 is 0 Å². The normalized spacial score (nSPS) is 14.8. The van der Waals surface area contributed by atoms with E-state index in [4.69, 9.17) is 33.2 Å². The number of nitrogens with zero attached hydrogens (tertiary/aromatic N) is 1. The van der Waals surface area contributed by atoms with Crippen LogP contribution in [-0.4, -0.2) is 165 Å². The van der Waals surface area contributed by atoms with E-state index in [9.17, 15) is 30.6 Å². The highest BCUT2D eigenvalue weighted by Gasteiger charge is 2.29. The molecule has 0 aliphatic carbocycles. The van der Waals surface area contributed by atoms with E-state index in [-0.39, 0.29) is 110 Å². The van der Waals surface area contributed by atoms with Crippen molar-refractivity contribution in [1.82, 2.24) is 0 Å². The maximum absolute atomic E-state index is 10.6. The molecule has 0 fully saturated rings. The summed E-state index contributed by atoms with van der Waals surface area (Å²) in [5.74, 6) is 0. The lowest BCUT2D eigenvalue weighted by Crippen LogP contribution is -2.57. The van der Waals surface area contributed by atoms with Crippen molar-refractivity contribution < 1.29 is 68.3 Å². The molecule has 0 amide bonds. The van der Waals surface area contributed by atoms with Gasteiger partial charge in [-0.25, -0.2) is 0 Å². The maximum Gasteiger partial charge on any atom is 0.188 e. The van der Waals surface area contributed by atoms with Gasteiger partial charge in [-0.3, -0.25) is 0 Å². The van der Waals surface area contributed by atoms with Gasteiger partial charge in [0.1, 0.15) is 38.4 Å². The zero-order valence-electron chi connectivity index (χ0n) is 23.6. The fourth-order valence-corrected chi connectivity index (χ4v) is 3.72. The van der Waals surface area contributed by atoms with Gasteiger partial charge in [-0.2, -0.15) is 0 Å². The first kappa shape index (κ1) is 38.6. The molecule has 0 aromatic rings. The smallest absolute Gasteiger partial charge is 0.188 e. The summed E-state index contributed by atoms with van der Waals surface area (Å²) in [6.07, 6.45) is 0.0286. The van der Waals surface area contributed by atoms with Gasteiger partial charge >= 0.3 is 0 Å². The van der Waals surface area contributed by atoms with Gasteiger partial charge in [0.2, 0.25) is 0 Å². The molecule has 0 aromatic carbocycles. The average molecular weight is 587 g/mol. The number of ether oxygens (including phenoxy) is 7. The molecule has 0 bridgehead atoms. The molecule has 4 unspecified atom stereocenters. The molecule has 40 heavy (non-hydrogen) atoms. The Morgan fingerprint density at radius 3 is 1.50 bits per heavy atom. The van der Waals surface area contributed by atoms with Crippen LogP contribution in [0.4, 0.5) is 0 Å². The largest absolute Gasteiger partial charge is 0.476 e. The summed E-state index contributed by atoms with van der Waals surface area (Å²) < 4.78 is 37.2. The summed E-state index contributed by atoms with van der Waals surface area (Å²) in [4.78, 5) is 0. The summed E-state index contributed by atoms with van der Waals surface area (Å²) in [6.45, 7) is 7.97. The van der Waals surface area contributed by atoms with Gasteiger partial charge in [0.05, 0.1) is 90.8 Å². The Morgan fingerprint density at radius 1 is 0.600 bits per heavy atom. The SMILES string of the molecule is C=COCOCCC(O)COCC(COCC(O)C[N+](CCO)(CCO)CCO)OCC(O)CCOCOC=C. The molecular weight excluding hydrogens is 534 g/mol. The van der Waals surface area contributed by atoms with Gasteiger partial charge in [-0.15, -0.1) is 0 Å². The van der Waals surface area contributed by atoms with Gasteiger partial charge in [0.25, 0.3) is 0 Å². The standard InChI is InChI=1S/C26H52NO13/c1-3-34-21-36-13-5-23(31)16-38-19-26(40-18-24(32)6-14-37-22-35-4-2)20-39-17-25(33)15-27(7-10-28,8-11-29)9-12-30/h3-4,23-26,28-33H,1-2,5-22H2/q+1. The molecule has 6 N–H and O–H groups in total. The number of quaternary nitrogens is 1. The molecule has 0 aliphatic rings. The van der Waals surface area contributed by atoms with E-state index in [1.807, 2.05) is 0 Å². The quantitative estimate of drug-likeness (QED) is 0.0235. The third kappa shape index (κ3) is 21.4. The Bertz CT molecular complexity index is 570. The van der Waals surface area contributed by atoms with Crippen molar-refractivity contribution in [2.45, 2.75) is 37.3 Å². The second kappa shape index (κ2) is 26.5. The van der Waals surface area contributed by atoms with E-state index < -0.39 is 24.4 Å². The molecule has 0 aromatic heterocycles. The van der Waals surface area contributed by atoms with E-state index >= 15 is 0 Å². The lowest BCUT2D eigenvalue weighted by molar-refractivity contribution is -0.931. The van der Waals surface area contributed by atoms with E-state index in [1.54, 1.807) is 0 Å². The minimum Gasteiger partial charge on any atom is -0.476 e. The summed E-state index contributed by atoms with van der Waals surface area (Å²) in [7, 11) is 0. The fourth-order valence-electron chi connectivity index (χ4n) is 3.72. The van der Waals surface area contributed by atoms with Crippen LogP contribution in [0.3, 0.4) is 0 Å². The van der Waals surface area contributed by atoms with Gasteiger partial charge < -0.3 is 68.3 Å². The third-order valence-electron chi connectivity index (χ3n) is 5.80. The summed E-state index contributed by atoms with van der Waals surface area (Å²) in [6, 6.07) is 0. The molecule has 0 radical (unpaired) electrons. The molecule has 238 valence electrons.